The van der Waals surface area contributed by atoms with Gasteiger partial charge in [0, 0.05) is 39.0 Å². The van der Waals surface area contributed by atoms with Crippen molar-refractivity contribution in [2.45, 2.75) is 38.4 Å². The van der Waals surface area contributed by atoms with Crippen molar-refractivity contribution in [2.24, 2.45) is 0 Å². The molecule has 2 atom stereocenters. The number of aromatic nitrogens is 2. The van der Waals surface area contributed by atoms with Crippen LogP contribution < -0.4 is 4.90 Å². The van der Waals surface area contributed by atoms with Gasteiger partial charge in [-0.1, -0.05) is 0 Å². The number of nitrogens with zero attached hydrogens (tertiary/aromatic N) is 4. The summed E-state index contributed by atoms with van der Waals surface area (Å²) in [4.78, 5) is 16.7. The Kier molecular flexibility index (Phi) is 5.98. The van der Waals surface area contributed by atoms with Gasteiger partial charge in [-0.2, -0.15) is 5.10 Å². The van der Waals surface area contributed by atoms with Crippen molar-refractivity contribution in [2.75, 3.05) is 44.3 Å². The Morgan fingerprint density at radius 3 is 3.04 bits per heavy atom. The summed E-state index contributed by atoms with van der Waals surface area (Å²) in [6, 6.07) is 3.84. The summed E-state index contributed by atoms with van der Waals surface area (Å²) in [5, 5.41) is 8.09. The molecule has 1 aromatic heterocycles. The normalized spacial score (nSPS) is 23.1. The predicted molar refractivity (Wildman–Crippen MR) is 89.8 cm³/mol. The number of anilines is 1. The van der Waals surface area contributed by atoms with E-state index in [1.165, 1.54) is 0 Å². The molecule has 0 unspecified atom stereocenters. The fourth-order valence-corrected chi connectivity index (χ4v) is 3.18. The Balaban J connectivity index is 1.48. The summed E-state index contributed by atoms with van der Waals surface area (Å²) in [7, 11) is 0. The van der Waals surface area contributed by atoms with Gasteiger partial charge in [0.2, 0.25) is 0 Å². The zero-order valence-corrected chi connectivity index (χ0v) is 14.3. The molecule has 2 fully saturated rings. The standard InChI is InChI=1S/C17H26N4O3/c1-14(24-13-15-5-3-12-23-15)17(22)21-9-4-8-20(10-11-21)16-6-2-7-18-19-16/h2,6-7,14-15H,3-5,8-13H2,1H3/t14-,15+/m0/s1. The highest BCUT2D eigenvalue weighted by Gasteiger charge is 2.25. The van der Waals surface area contributed by atoms with E-state index in [0.717, 1.165) is 51.3 Å². The molecular formula is C17H26N4O3. The van der Waals surface area contributed by atoms with Crippen molar-refractivity contribution in [1.82, 2.24) is 15.1 Å². The molecule has 0 bridgehead atoms. The van der Waals surface area contributed by atoms with Crippen LogP contribution >= 0.6 is 0 Å². The van der Waals surface area contributed by atoms with Crippen LogP contribution in [0.3, 0.4) is 0 Å². The van der Waals surface area contributed by atoms with Crippen molar-refractivity contribution in [3.05, 3.63) is 18.3 Å². The van der Waals surface area contributed by atoms with Gasteiger partial charge in [0.15, 0.2) is 5.82 Å². The highest BCUT2D eigenvalue weighted by Crippen LogP contribution is 2.15. The molecule has 0 saturated carbocycles. The van der Waals surface area contributed by atoms with E-state index >= 15 is 0 Å². The lowest BCUT2D eigenvalue weighted by Gasteiger charge is -2.25. The van der Waals surface area contributed by atoms with Crippen LogP contribution in [0.5, 0.6) is 0 Å². The Morgan fingerprint density at radius 2 is 2.29 bits per heavy atom. The van der Waals surface area contributed by atoms with Crippen molar-refractivity contribution < 1.29 is 14.3 Å². The molecule has 24 heavy (non-hydrogen) atoms. The first-order valence-electron chi connectivity index (χ1n) is 8.78. The summed E-state index contributed by atoms with van der Waals surface area (Å²) in [6.45, 7) is 6.23. The molecule has 2 saturated heterocycles. The third-order valence-corrected chi connectivity index (χ3v) is 4.59. The Labute approximate surface area is 142 Å². The van der Waals surface area contributed by atoms with Crippen LogP contribution in [0, 0.1) is 0 Å². The number of rotatable bonds is 5. The summed E-state index contributed by atoms with van der Waals surface area (Å²) < 4.78 is 11.3. The first kappa shape index (κ1) is 17.1. The van der Waals surface area contributed by atoms with Gasteiger partial charge in [-0.05, 0) is 38.3 Å². The summed E-state index contributed by atoms with van der Waals surface area (Å²) >= 11 is 0. The first-order chi connectivity index (χ1) is 11.7. The van der Waals surface area contributed by atoms with E-state index in [-0.39, 0.29) is 12.0 Å². The van der Waals surface area contributed by atoms with Crippen LogP contribution in [0.2, 0.25) is 0 Å². The van der Waals surface area contributed by atoms with Crippen LogP contribution in [0.15, 0.2) is 18.3 Å². The average molecular weight is 334 g/mol. The lowest BCUT2D eigenvalue weighted by atomic mass is 10.2. The van der Waals surface area contributed by atoms with Crippen molar-refractivity contribution >= 4 is 11.7 Å². The van der Waals surface area contributed by atoms with Crippen LogP contribution in [0.1, 0.15) is 26.2 Å². The van der Waals surface area contributed by atoms with Crippen LogP contribution in [-0.4, -0.2) is 72.6 Å². The van der Waals surface area contributed by atoms with Crippen LogP contribution in [-0.2, 0) is 14.3 Å². The topological polar surface area (TPSA) is 67.8 Å². The maximum atomic E-state index is 12.6. The molecule has 7 nitrogen and oxygen atoms in total. The molecule has 0 N–H and O–H groups in total. The molecule has 0 aliphatic carbocycles. The van der Waals surface area contributed by atoms with Gasteiger partial charge in [0.05, 0.1) is 12.7 Å². The Morgan fingerprint density at radius 1 is 1.38 bits per heavy atom. The van der Waals surface area contributed by atoms with Gasteiger partial charge in [0.1, 0.15) is 6.10 Å². The maximum Gasteiger partial charge on any atom is 0.251 e. The molecule has 0 aromatic carbocycles. The smallest absolute Gasteiger partial charge is 0.251 e. The molecule has 0 spiro atoms. The lowest BCUT2D eigenvalue weighted by molar-refractivity contribution is -0.144. The number of ether oxygens (including phenoxy) is 2. The van der Waals surface area contributed by atoms with Crippen LogP contribution in [0.25, 0.3) is 0 Å². The summed E-state index contributed by atoms with van der Waals surface area (Å²) in [5.74, 6) is 0.934. The highest BCUT2D eigenvalue weighted by molar-refractivity contribution is 5.80. The van der Waals surface area contributed by atoms with Gasteiger partial charge in [-0.3, -0.25) is 4.79 Å². The van der Waals surface area contributed by atoms with Gasteiger partial charge < -0.3 is 19.3 Å². The fraction of sp³-hybridized carbons (Fsp3) is 0.706. The third-order valence-electron chi connectivity index (χ3n) is 4.59. The van der Waals surface area contributed by atoms with Gasteiger partial charge in [0.25, 0.3) is 5.91 Å². The summed E-state index contributed by atoms with van der Waals surface area (Å²) in [6.07, 6.45) is 4.43. The molecule has 3 heterocycles. The minimum absolute atomic E-state index is 0.0639. The minimum atomic E-state index is -0.419. The zero-order valence-electron chi connectivity index (χ0n) is 14.3. The molecule has 0 radical (unpaired) electrons. The lowest BCUT2D eigenvalue weighted by Crippen LogP contribution is -2.42. The third kappa shape index (κ3) is 4.42. The van der Waals surface area contributed by atoms with E-state index in [1.54, 1.807) is 6.20 Å². The number of hydrogen-bond acceptors (Lipinski definition) is 6. The number of carbonyl (C=O) groups excluding carboxylic acids is 1. The van der Waals surface area contributed by atoms with Gasteiger partial charge >= 0.3 is 0 Å². The average Bonchev–Trinajstić information content (AvgIpc) is 3.02. The largest absolute Gasteiger partial charge is 0.376 e. The number of hydrogen-bond donors (Lipinski definition) is 0. The van der Waals surface area contributed by atoms with Gasteiger partial charge in [-0.25, -0.2) is 0 Å². The van der Waals surface area contributed by atoms with E-state index in [2.05, 4.69) is 15.1 Å². The highest BCUT2D eigenvalue weighted by atomic mass is 16.5. The van der Waals surface area contributed by atoms with E-state index < -0.39 is 6.10 Å². The molecule has 2 aliphatic rings. The van der Waals surface area contributed by atoms with Crippen LogP contribution in [0.4, 0.5) is 5.82 Å². The monoisotopic (exact) mass is 334 g/mol. The SMILES string of the molecule is C[C@H](OC[C@H]1CCCO1)C(=O)N1CCCN(c2cccnn2)CC1. The molecule has 1 amide bonds. The molecule has 3 rings (SSSR count). The second kappa shape index (κ2) is 8.39. The molecule has 132 valence electrons. The van der Waals surface area contributed by atoms with E-state index in [4.69, 9.17) is 9.47 Å². The van der Waals surface area contributed by atoms with Gasteiger partial charge in [-0.15, -0.1) is 5.10 Å². The predicted octanol–water partition coefficient (Wildman–Crippen LogP) is 1.10. The molecular weight excluding hydrogens is 308 g/mol. The second-order valence-corrected chi connectivity index (χ2v) is 6.36. The Hall–Kier alpha value is -1.73. The maximum absolute atomic E-state index is 12.6. The van der Waals surface area contributed by atoms with Crippen molar-refractivity contribution in [3.63, 3.8) is 0 Å². The van der Waals surface area contributed by atoms with E-state index in [0.29, 0.717) is 13.2 Å². The minimum Gasteiger partial charge on any atom is -0.376 e. The first-order valence-corrected chi connectivity index (χ1v) is 8.78. The second-order valence-electron chi connectivity index (χ2n) is 6.36. The molecule has 2 aliphatic heterocycles. The number of amides is 1. The quantitative estimate of drug-likeness (QED) is 0.803. The summed E-state index contributed by atoms with van der Waals surface area (Å²) in [5.41, 5.74) is 0. The van der Waals surface area contributed by atoms with Crippen molar-refractivity contribution in [3.8, 4) is 0 Å². The van der Waals surface area contributed by atoms with E-state index in [1.807, 2.05) is 24.0 Å². The van der Waals surface area contributed by atoms with Crippen molar-refractivity contribution in [1.29, 1.82) is 0 Å². The number of carbonyl (C=O) groups is 1. The Bertz CT molecular complexity index is 522. The molecule has 7 heteroatoms. The fourth-order valence-electron chi connectivity index (χ4n) is 3.18. The van der Waals surface area contributed by atoms with E-state index in [9.17, 15) is 4.79 Å². The zero-order chi connectivity index (χ0) is 16.8. The molecule has 1 aromatic rings.